The van der Waals surface area contributed by atoms with Crippen molar-refractivity contribution >= 4 is 46.2 Å². The van der Waals surface area contributed by atoms with Gasteiger partial charge in [0, 0.05) is 5.02 Å². The number of amidine groups is 1. The number of hydrogen-bond donors (Lipinski definition) is 1. The van der Waals surface area contributed by atoms with Crippen LogP contribution in [0.15, 0.2) is 82.7 Å². The van der Waals surface area contributed by atoms with Crippen molar-refractivity contribution in [2.45, 2.75) is 13.5 Å². The zero-order chi connectivity index (χ0) is 20.9. The Balaban J connectivity index is 1.45. The van der Waals surface area contributed by atoms with Crippen LogP contribution in [0.4, 0.5) is 5.69 Å². The van der Waals surface area contributed by atoms with E-state index in [4.69, 9.17) is 16.3 Å². The van der Waals surface area contributed by atoms with E-state index >= 15 is 0 Å². The molecule has 0 bridgehead atoms. The molecule has 0 atom stereocenters. The summed E-state index contributed by atoms with van der Waals surface area (Å²) >= 11 is 7.34. The Bertz CT molecular complexity index is 1140. The minimum atomic E-state index is -0.156. The summed E-state index contributed by atoms with van der Waals surface area (Å²) in [5.41, 5.74) is 3.85. The quantitative estimate of drug-likeness (QED) is 0.492. The molecule has 3 aromatic carbocycles. The lowest BCUT2D eigenvalue weighted by atomic mass is 10.2. The number of hydrogen-bond acceptors (Lipinski definition) is 4. The highest BCUT2D eigenvalue weighted by atomic mass is 35.5. The highest BCUT2D eigenvalue weighted by molar-refractivity contribution is 8.18. The number of nitrogens with one attached hydrogen (secondary N) is 1. The first-order valence-corrected chi connectivity index (χ1v) is 10.6. The fraction of sp³-hybridized carbons (Fsp3) is 0.0833. The number of aryl methyl sites for hydroxylation is 1. The number of halogens is 1. The molecule has 0 spiro atoms. The molecule has 1 aliphatic rings. The van der Waals surface area contributed by atoms with Crippen molar-refractivity contribution in [1.29, 1.82) is 0 Å². The maximum atomic E-state index is 12.3. The van der Waals surface area contributed by atoms with Gasteiger partial charge in [-0.3, -0.25) is 4.79 Å². The zero-order valence-electron chi connectivity index (χ0n) is 16.3. The average Bonchev–Trinajstić information content (AvgIpc) is 3.07. The van der Waals surface area contributed by atoms with E-state index < -0.39 is 0 Å². The van der Waals surface area contributed by atoms with Gasteiger partial charge in [0.05, 0.1) is 10.6 Å². The first-order chi connectivity index (χ1) is 14.5. The third-order valence-corrected chi connectivity index (χ3v) is 5.51. The molecule has 0 aliphatic carbocycles. The molecule has 30 heavy (non-hydrogen) atoms. The van der Waals surface area contributed by atoms with Crippen molar-refractivity contribution in [2.24, 2.45) is 4.99 Å². The van der Waals surface area contributed by atoms with E-state index in [1.807, 2.05) is 85.8 Å². The van der Waals surface area contributed by atoms with E-state index in [2.05, 4.69) is 10.3 Å². The van der Waals surface area contributed by atoms with Crippen LogP contribution in [0.2, 0.25) is 5.02 Å². The van der Waals surface area contributed by atoms with Crippen LogP contribution in [0.5, 0.6) is 5.75 Å². The van der Waals surface area contributed by atoms with E-state index in [1.54, 1.807) is 0 Å². The van der Waals surface area contributed by atoms with Gasteiger partial charge < -0.3 is 10.1 Å². The number of carbonyl (C=O) groups is 1. The monoisotopic (exact) mass is 434 g/mol. The summed E-state index contributed by atoms with van der Waals surface area (Å²) in [6, 6.07) is 23.0. The molecule has 1 heterocycles. The largest absolute Gasteiger partial charge is 0.489 e. The molecule has 0 unspecified atom stereocenters. The molecule has 6 heteroatoms. The summed E-state index contributed by atoms with van der Waals surface area (Å²) in [5.74, 6) is 0.567. The Kier molecular flexibility index (Phi) is 6.21. The van der Waals surface area contributed by atoms with Crippen LogP contribution in [0.25, 0.3) is 6.08 Å². The molecular weight excluding hydrogens is 416 g/mol. The molecule has 0 saturated carbocycles. The Hall–Kier alpha value is -3.02. The van der Waals surface area contributed by atoms with E-state index in [1.165, 1.54) is 17.3 Å². The highest BCUT2D eigenvalue weighted by Gasteiger charge is 2.23. The summed E-state index contributed by atoms with van der Waals surface area (Å²) in [5, 5.41) is 4.07. The fourth-order valence-electron chi connectivity index (χ4n) is 2.86. The number of aliphatic imine (C=N–C) groups is 1. The smallest absolute Gasteiger partial charge is 0.264 e. The standard InChI is InChI=1S/C24H19ClN2O2S/c1-16-8-10-20(11-9-16)26-24-27-23(28)22(30-24)14-17-4-3-7-21(13-17)29-15-18-5-2-6-19(25)12-18/h2-14H,15H2,1H3,(H,26,27,28)/b22-14-. The van der Waals surface area contributed by atoms with Crippen LogP contribution in [-0.2, 0) is 11.4 Å². The summed E-state index contributed by atoms with van der Waals surface area (Å²) in [6.45, 7) is 2.44. The van der Waals surface area contributed by atoms with Gasteiger partial charge in [-0.25, -0.2) is 4.99 Å². The van der Waals surface area contributed by atoms with E-state index in [0.717, 1.165) is 22.6 Å². The summed E-state index contributed by atoms with van der Waals surface area (Å²) in [6.07, 6.45) is 1.84. The molecule has 0 aromatic heterocycles. The SMILES string of the molecule is Cc1ccc(N=C2NC(=O)/C(=C/c3cccc(OCc4cccc(Cl)c4)c3)S2)cc1. The van der Waals surface area contributed by atoms with Gasteiger partial charge in [-0.05, 0) is 72.3 Å². The third kappa shape index (κ3) is 5.32. The second kappa shape index (κ2) is 9.20. The van der Waals surface area contributed by atoms with E-state index in [-0.39, 0.29) is 5.91 Å². The minimum absolute atomic E-state index is 0.156. The van der Waals surface area contributed by atoms with Crippen LogP contribution in [0.3, 0.4) is 0 Å². The minimum Gasteiger partial charge on any atom is -0.489 e. The maximum Gasteiger partial charge on any atom is 0.264 e. The van der Waals surface area contributed by atoms with Crippen molar-refractivity contribution in [3.05, 3.63) is 99.4 Å². The Morgan fingerprint density at radius 1 is 1.07 bits per heavy atom. The van der Waals surface area contributed by atoms with Gasteiger partial charge in [-0.1, -0.05) is 53.6 Å². The van der Waals surface area contributed by atoms with Gasteiger partial charge in [0.2, 0.25) is 0 Å². The second-order valence-corrected chi connectivity index (χ2v) is 8.28. The molecule has 1 aliphatic heterocycles. The Morgan fingerprint density at radius 2 is 1.87 bits per heavy atom. The molecule has 1 amide bonds. The van der Waals surface area contributed by atoms with Gasteiger partial charge in [0.15, 0.2) is 5.17 Å². The molecule has 1 fully saturated rings. The normalized spacial score (nSPS) is 16.1. The summed E-state index contributed by atoms with van der Waals surface area (Å²) in [7, 11) is 0. The van der Waals surface area contributed by atoms with Gasteiger partial charge >= 0.3 is 0 Å². The number of benzene rings is 3. The molecular formula is C24H19ClN2O2S. The number of carbonyl (C=O) groups excluding carboxylic acids is 1. The number of ether oxygens (including phenoxy) is 1. The first kappa shape index (κ1) is 20.3. The van der Waals surface area contributed by atoms with Gasteiger partial charge in [0.1, 0.15) is 12.4 Å². The van der Waals surface area contributed by atoms with Crippen molar-refractivity contribution in [3.63, 3.8) is 0 Å². The van der Waals surface area contributed by atoms with Crippen LogP contribution in [0, 0.1) is 6.92 Å². The lowest BCUT2D eigenvalue weighted by Crippen LogP contribution is -2.19. The van der Waals surface area contributed by atoms with Crippen molar-refractivity contribution < 1.29 is 9.53 Å². The zero-order valence-corrected chi connectivity index (χ0v) is 17.8. The number of rotatable bonds is 5. The van der Waals surface area contributed by atoms with Crippen molar-refractivity contribution in [1.82, 2.24) is 5.32 Å². The number of amides is 1. The predicted molar refractivity (Wildman–Crippen MR) is 124 cm³/mol. The van der Waals surface area contributed by atoms with E-state index in [0.29, 0.717) is 21.7 Å². The van der Waals surface area contributed by atoms with E-state index in [9.17, 15) is 4.79 Å². The first-order valence-electron chi connectivity index (χ1n) is 9.39. The van der Waals surface area contributed by atoms with Crippen LogP contribution in [0.1, 0.15) is 16.7 Å². The highest BCUT2D eigenvalue weighted by Crippen LogP contribution is 2.29. The van der Waals surface area contributed by atoms with Crippen molar-refractivity contribution in [3.8, 4) is 5.75 Å². The van der Waals surface area contributed by atoms with Crippen LogP contribution >= 0.6 is 23.4 Å². The second-order valence-electron chi connectivity index (χ2n) is 6.81. The summed E-state index contributed by atoms with van der Waals surface area (Å²) < 4.78 is 5.87. The van der Waals surface area contributed by atoms with Crippen LogP contribution < -0.4 is 10.1 Å². The maximum absolute atomic E-state index is 12.3. The molecule has 1 saturated heterocycles. The van der Waals surface area contributed by atoms with Crippen LogP contribution in [-0.4, -0.2) is 11.1 Å². The molecule has 1 N–H and O–H groups in total. The predicted octanol–water partition coefficient (Wildman–Crippen LogP) is 6.12. The lowest BCUT2D eigenvalue weighted by Gasteiger charge is -2.07. The fourth-order valence-corrected chi connectivity index (χ4v) is 3.91. The molecule has 0 radical (unpaired) electrons. The van der Waals surface area contributed by atoms with Gasteiger partial charge in [-0.2, -0.15) is 0 Å². The third-order valence-electron chi connectivity index (χ3n) is 4.37. The van der Waals surface area contributed by atoms with Gasteiger partial charge in [-0.15, -0.1) is 0 Å². The number of thioether (sulfide) groups is 1. The molecule has 4 rings (SSSR count). The summed E-state index contributed by atoms with van der Waals surface area (Å²) in [4.78, 5) is 17.4. The topological polar surface area (TPSA) is 50.7 Å². The Labute approximate surface area is 184 Å². The molecule has 150 valence electrons. The number of nitrogens with zero attached hydrogens (tertiary/aromatic N) is 1. The lowest BCUT2D eigenvalue weighted by molar-refractivity contribution is -0.115. The molecule has 4 nitrogen and oxygen atoms in total. The van der Waals surface area contributed by atoms with Crippen molar-refractivity contribution in [2.75, 3.05) is 0 Å². The molecule has 3 aromatic rings. The van der Waals surface area contributed by atoms with Gasteiger partial charge in [0.25, 0.3) is 5.91 Å². The Morgan fingerprint density at radius 3 is 2.67 bits per heavy atom. The average molecular weight is 435 g/mol.